The molecule has 0 radical (unpaired) electrons. The fraction of sp³-hybridized carbons (Fsp3) is 0.391. The summed E-state index contributed by atoms with van der Waals surface area (Å²) in [5, 5.41) is 2.79. The molecule has 2 aromatic carbocycles. The predicted molar refractivity (Wildman–Crippen MR) is 128 cm³/mol. The fourth-order valence-electron chi connectivity index (χ4n) is 3.95. The van der Waals surface area contributed by atoms with Gasteiger partial charge < -0.3 is 15.0 Å². The number of nitrogens with zero attached hydrogens (tertiary/aromatic N) is 2. The third-order valence-corrected chi connectivity index (χ3v) is 8.97. The Morgan fingerprint density at radius 1 is 1.18 bits per heavy atom. The molecule has 0 unspecified atom stereocenters. The zero-order chi connectivity index (χ0) is 23.6. The number of hydrogen-bond donors (Lipinski definition) is 1. The van der Waals surface area contributed by atoms with E-state index >= 15 is 0 Å². The molecule has 0 bridgehead atoms. The average Bonchev–Trinajstić information content (AvgIpc) is 3.33. The summed E-state index contributed by atoms with van der Waals surface area (Å²) in [5.41, 5.74) is 1.00. The number of rotatable bonds is 6. The molecule has 8 nitrogen and oxygen atoms in total. The van der Waals surface area contributed by atoms with Gasteiger partial charge in [0.15, 0.2) is 0 Å². The van der Waals surface area contributed by atoms with Gasteiger partial charge in [-0.15, -0.1) is 11.8 Å². The lowest BCUT2D eigenvalue weighted by Gasteiger charge is -2.25. The lowest BCUT2D eigenvalue weighted by atomic mass is 10.1. The highest BCUT2D eigenvalue weighted by atomic mass is 32.2. The molecule has 0 aliphatic carbocycles. The maximum absolute atomic E-state index is 13.2. The van der Waals surface area contributed by atoms with Crippen molar-refractivity contribution < 1.29 is 22.7 Å². The van der Waals surface area contributed by atoms with Crippen LogP contribution in [-0.4, -0.2) is 57.0 Å². The van der Waals surface area contributed by atoms with Crippen molar-refractivity contribution in [1.82, 2.24) is 4.31 Å². The Bertz CT molecular complexity index is 1160. The van der Waals surface area contributed by atoms with Crippen LogP contribution in [0.3, 0.4) is 0 Å². The molecule has 10 heteroatoms. The highest BCUT2D eigenvalue weighted by molar-refractivity contribution is 7.99. The van der Waals surface area contributed by atoms with Crippen molar-refractivity contribution in [2.24, 2.45) is 5.92 Å². The van der Waals surface area contributed by atoms with Gasteiger partial charge in [-0.3, -0.25) is 9.59 Å². The van der Waals surface area contributed by atoms with E-state index in [1.165, 1.54) is 27.0 Å². The van der Waals surface area contributed by atoms with Crippen LogP contribution in [0.15, 0.2) is 52.3 Å². The Balaban J connectivity index is 1.64. The van der Waals surface area contributed by atoms with E-state index in [1.54, 1.807) is 43.5 Å². The molecule has 0 spiro atoms. The monoisotopic (exact) mass is 489 g/mol. The Morgan fingerprint density at radius 3 is 2.67 bits per heavy atom. The summed E-state index contributed by atoms with van der Waals surface area (Å²) in [5.74, 6) is 0.251. The fourth-order valence-corrected chi connectivity index (χ4v) is 6.54. The first kappa shape index (κ1) is 23.6. The van der Waals surface area contributed by atoms with Gasteiger partial charge in [0.1, 0.15) is 12.3 Å². The van der Waals surface area contributed by atoms with E-state index in [0.29, 0.717) is 36.0 Å². The maximum Gasteiger partial charge on any atom is 0.244 e. The number of amides is 2. The molecule has 1 atom stereocenters. The van der Waals surface area contributed by atoms with E-state index in [9.17, 15) is 18.0 Å². The number of methoxy groups -OCH3 is 1. The molecule has 2 amide bonds. The van der Waals surface area contributed by atoms with E-state index in [2.05, 4.69) is 5.32 Å². The Kier molecular flexibility index (Phi) is 6.96. The maximum atomic E-state index is 13.2. The van der Waals surface area contributed by atoms with Crippen LogP contribution in [0.4, 0.5) is 11.4 Å². The van der Waals surface area contributed by atoms with E-state index in [-0.39, 0.29) is 29.2 Å². The molecule has 2 aliphatic rings. The van der Waals surface area contributed by atoms with Gasteiger partial charge >= 0.3 is 0 Å². The summed E-state index contributed by atoms with van der Waals surface area (Å²) in [4.78, 5) is 28.4. The lowest BCUT2D eigenvalue weighted by Crippen LogP contribution is -2.41. The van der Waals surface area contributed by atoms with Crippen molar-refractivity contribution in [2.45, 2.75) is 29.6 Å². The van der Waals surface area contributed by atoms with Crippen molar-refractivity contribution in [1.29, 1.82) is 0 Å². The summed E-state index contributed by atoms with van der Waals surface area (Å²) in [6.07, 6.45) is 1.68. The van der Waals surface area contributed by atoms with E-state index in [1.807, 2.05) is 6.92 Å². The number of benzene rings is 2. The van der Waals surface area contributed by atoms with Gasteiger partial charge in [0.05, 0.1) is 17.7 Å². The third-order valence-electron chi connectivity index (χ3n) is 5.76. The average molecular weight is 490 g/mol. The van der Waals surface area contributed by atoms with Crippen LogP contribution in [0.2, 0.25) is 0 Å². The molecule has 2 aromatic rings. The molecule has 4 rings (SSSR count). The number of fused-ring (bicyclic) bond motifs is 1. The molecule has 0 saturated carbocycles. The number of carbonyl (C=O) groups excluding carboxylic acids is 2. The number of anilines is 2. The van der Waals surface area contributed by atoms with E-state index in [0.717, 1.165) is 17.7 Å². The van der Waals surface area contributed by atoms with Crippen LogP contribution in [0, 0.1) is 5.92 Å². The second-order valence-electron chi connectivity index (χ2n) is 8.16. The molecule has 33 heavy (non-hydrogen) atoms. The van der Waals surface area contributed by atoms with E-state index in [4.69, 9.17) is 4.74 Å². The Labute approximate surface area is 198 Å². The second kappa shape index (κ2) is 9.74. The number of carbonyl (C=O) groups is 2. The van der Waals surface area contributed by atoms with Gasteiger partial charge in [-0.05, 0) is 43.2 Å². The largest absolute Gasteiger partial charge is 0.497 e. The summed E-state index contributed by atoms with van der Waals surface area (Å²) >= 11 is 1.49. The van der Waals surface area contributed by atoms with Crippen molar-refractivity contribution in [3.63, 3.8) is 0 Å². The van der Waals surface area contributed by atoms with Gasteiger partial charge in [0.25, 0.3) is 0 Å². The quantitative estimate of drug-likeness (QED) is 0.670. The minimum Gasteiger partial charge on any atom is -0.497 e. The number of nitrogens with one attached hydrogen (secondary N) is 1. The van der Waals surface area contributed by atoms with Crippen LogP contribution < -0.4 is 15.0 Å². The standard InChI is InChI=1S/C23H27N3O5S2/c1-16-15-32-21-9-8-19(33(29,30)25-10-3-4-11-25)13-20(21)26(23(16)28)14-22(27)24-17-6-5-7-18(12-17)31-2/h5-9,12-13,16H,3-4,10-11,14-15H2,1-2H3,(H,24,27)/t16-/m0/s1. The summed E-state index contributed by atoms with van der Waals surface area (Å²) in [6.45, 7) is 2.59. The normalized spacial score (nSPS) is 19.2. The topological polar surface area (TPSA) is 96.0 Å². The first-order valence-corrected chi connectivity index (χ1v) is 13.2. The van der Waals surface area contributed by atoms with Crippen molar-refractivity contribution in [3.05, 3.63) is 42.5 Å². The predicted octanol–water partition coefficient (Wildman–Crippen LogP) is 3.19. The van der Waals surface area contributed by atoms with E-state index < -0.39 is 10.0 Å². The van der Waals surface area contributed by atoms with Gasteiger partial charge in [-0.1, -0.05) is 13.0 Å². The highest BCUT2D eigenvalue weighted by Gasteiger charge is 2.33. The first-order valence-electron chi connectivity index (χ1n) is 10.8. The van der Waals surface area contributed by atoms with Crippen LogP contribution in [0.25, 0.3) is 0 Å². The van der Waals surface area contributed by atoms with Gasteiger partial charge in [0, 0.05) is 41.4 Å². The minimum atomic E-state index is -3.65. The number of thioether (sulfide) groups is 1. The molecular formula is C23H27N3O5S2. The van der Waals surface area contributed by atoms with Gasteiger partial charge in [0.2, 0.25) is 21.8 Å². The highest BCUT2D eigenvalue weighted by Crippen LogP contribution is 2.38. The number of ether oxygens (including phenoxy) is 1. The smallest absolute Gasteiger partial charge is 0.244 e. The second-order valence-corrected chi connectivity index (χ2v) is 11.2. The number of hydrogen-bond acceptors (Lipinski definition) is 6. The zero-order valence-electron chi connectivity index (χ0n) is 18.6. The first-order chi connectivity index (χ1) is 15.8. The van der Waals surface area contributed by atoms with Crippen molar-refractivity contribution in [2.75, 3.05) is 42.7 Å². The molecule has 2 aliphatic heterocycles. The number of sulfonamides is 1. The molecule has 2 heterocycles. The molecule has 0 aromatic heterocycles. The summed E-state index contributed by atoms with van der Waals surface area (Å²) in [7, 11) is -2.11. The third kappa shape index (κ3) is 5.02. The minimum absolute atomic E-state index is 0.143. The SMILES string of the molecule is COc1cccc(NC(=O)CN2C(=O)[C@@H](C)CSc3ccc(S(=O)(=O)N4CCCC4)cc32)c1. The summed E-state index contributed by atoms with van der Waals surface area (Å²) < 4.78 is 32.9. The van der Waals surface area contributed by atoms with Crippen LogP contribution >= 0.6 is 11.8 Å². The van der Waals surface area contributed by atoms with Crippen LogP contribution in [-0.2, 0) is 19.6 Å². The zero-order valence-corrected chi connectivity index (χ0v) is 20.2. The molecule has 1 N–H and O–H groups in total. The van der Waals surface area contributed by atoms with Crippen molar-refractivity contribution in [3.8, 4) is 5.75 Å². The molecular weight excluding hydrogens is 462 g/mol. The molecule has 176 valence electrons. The lowest BCUT2D eigenvalue weighted by molar-refractivity contribution is -0.123. The van der Waals surface area contributed by atoms with Gasteiger partial charge in [-0.25, -0.2) is 8.42 Å². The van der Waals surface area contributed by atoms with Crippen LogP contribution in [0.5, 0.6) is 5.75 Å². The summed E-state index contributed by atoms with van der Waals surface area (Å²) in [6, 6.07) is 11.8. The van der Waals surface area contributed by atoms with Gasteiger partial charge in [-0.2, -0.15) is 4.31 Å². The Hall–Kier alpha value is -2.56. The molecule has 1 fully saturated rings. The Morgan fingerprint density at radius 2 is 1.94 bits per heavy atom. The van der Waals surface area contributed by atoms with Crippen LogP contribution in [0.1, 0.15) is 19.8 Å². The van der Waals surface area contributed by atoms with Crippen molar-refractivity contribution >= 4 is 45.0 Å². The molecule has 1 saturated heterocycles.